The number of rotatable bonds is 4. The number of methoxy groups -OCH3 is 1. The molecule has 0 radical (unpaired) electrons. The first-order chi connectivity index (χ1) is 8.63. The molecule has 0 bridgehead atoms. The number of aryl methyl sites for hydroxylation is 1. The molecule has 0 fully saturated rings. The number of aromatic nitrogens is 2. The molecule has 1 heterocycles. The summed E-state index contributed by atoms with van der Waals surface area (Å²) in [5.74, 6) is 0. The van der Waals surface area contributed by atoms with Gasteiger partial charge in [0.1, 0.15) is 0 Å². The fourth-order valence-electron chi connectivity index (χ4n) is 2.20. The third kappa shape index (κ3) is 2.38. The summed E-state index contributed by atoms with van der Waals surface area (Å²) in [7, 11) is 1.70. The van der Waals surface area contributed by atoms with Gasteiger partial charge in [0.25, 0.3) is 0 Å². The van der Waals surface area contributed by atoms with E-state index in [4.69, 9.17) is 10.5 Å². The highest BCUT2D eigenvalue weighted by molar-refractivity contribution is 5.71. The largest absolute Gasteiger partial charge is 0.399 e. The Morgan fingerprint density at radius 3 is 2.78 bits per heavy atom. The molecule has 0 spiro atoms. The van der Waals surface area contributed by atoms with Crippen molar-refractivity contribution in [3.63, 3.8) is 0 Å². The number of nitrogens with two attached hydrogens (primary N) is 1. The van der Waals surface area contributed by atoms with Gasteiger partial charge in [0, 0.05) is 24.1 Å². The zero-order valence-electron chi connectivity index (χ0n) is 11.1. The van der Waals surface area contributed by atoms with E-state index >= 15 is 0 Å². The maximum absolute atomic E-state index is 5.84. The monoisotopic (exact) mass is 245 g/mol. The van der Waals surface area contributed by atoms with Crippen LogP contribution in [0.5, 0.6) is 0 Å². The molecule has 96 valence electrons. The smallest absolute Gasteiger partial charge is 0.0674 e. The summed E-state index contributed by atoms with van der Waals surface area (Å²) in [5, 5.41) is 4.55. The van der Waals surface area contributed by atoms with Crippen molar-refractivity contribution in [2.24, 2.45) is 0 Å². The first-order valence-electron chi connectivity index (χ1n) is 6.02. The summed E-state index contributed by atoms with van der Waals surface area (Å²) in [6, 6.07) is 7.91. The summed E-state index contributed by atoms with van der Waals surface area (Å²) in [6.07, 6.45) is 0. The van der Waals surface area contributed by atoms with Crippen molar-refractivity contribution < 1.29 is 4.74 Å². The fraction of sp³-hybridized carbons (Fsp3) is 0.357. The van der Waals surface area contributed by atoms with Crippen LogP contribution in [0.3, 0.4) is 0 Å². The van der Waals surface area contributed by atoms with E-state index in [0.717, 1.165) is 29.2 Å². The summed E-state index contributed by atoms with van der Waals surface area (Å²) >= 11 is 0. The predicted octanol–water partition coefficient (Wildman–Crippen LogP) is 2.40. The second-order valence-corrected chi connectivity index (χ2v) is 4.39. The highest BCUT2D eigenvalue weighted by atomic mass is 16.5. The summed E-state index contributed by atoms with van der Waals surface area (Å²) < 4.78 is 7.08. The number of hydrogen-bond donors (Lipinski definition) is 1. The van der Waals surface area contributed by atoms with Gasteiger partial charge in [0.2, 0.25) is 0 Å². The molecule has 18 heavy (non-hydrogen) atoms. The lowest BCUT2D eigenvalue weighted by atomic mass is 10.0. The average Bonchev–Trinajstić information content (AvgIpc) is 2.62. The Hall–Kier alpha value is -1.81. The van der Waals surface area contributed by atoms with E-state index < -0.39 is 0 Å². The van der Waals surface area contributed by atoms with Gasteiger partial charge in [-0.3, -0.25) is 4.68 Å². The normalized spacial score (nSPS) is 10.8. The van der Waals surface area contributed by atoms with Gasteiger partial charge < -0.3 is 10.5 Å². The summed E-state index contributed by atoms with van der Waals surface area (Å²) in [6.45, 7) is 5.53. The SMILES string of the molecule is COCCn1nc(C)c(-c2cccc(N)c2)c1C. The Kier molecular flexibility index (Phi) is 3.67. The first kappa shape index (κ1) is 12.6. The molecular formula is C14H19N3O. The second kappa shape index (κ2) is 5.23. The predicted molar refractivity (Wildman–Crippen MR) is 73.4 cm³/mol. The van der Waals surface area contributed by atoms with Crippen LogP contribution in [0.25, 0.3) is 11.1 Å². The lowest BCUT2D eigenvalue weighted by molar-refractivity contribution is 0.182. The molecule has 0 aliphatic carbocycles. The third-order valence-electron chi connectivity index (χ3n) is 3.06. The molecule has 2 rings (SSSR count). The van der Waals surface area contributed by atoms with E-state index in [9.17, 15) is 0 Å². The Morgan fingerprint density at radius 1 is 1.33 bits per heavy atom. The van der Waals surface area contributed by atoms with Crippen LogP contribution in [0.2, 0.25) is 0 Å². The van der Waals surface area contributed by atoms with Gasteiger partial charge in [-0.2, -0.15) is 5.10 Å². The average molecular weight is 245 g/mol. The number of nitrogen functional groups attached to an aromatic ring is 1. The molecule has 0 atom stereocenters. The molecule has 1 aromatic heterocycles. The van der Waals surface area contributed by atoms with Gasteiger partial charge in [-0.15, -0.1) is 0 Å². The topological polar surface area (TPSA) is 53.1 Å². The Labute approximate surface area is 107 Å². The van der Waals surface area contributed by atoms with Crippen LogP contribution in [-0.2, 0) is 11.3 Å². The summed E-state index contributed by atoms with van der Waals surface area (Å²) in [4.78, 5) is 0. The highest BCUT2D eigenvalue weighted by Crippen LogP contribution is 2.28. The second-order valence-electron chi connectivity index (χ2n) is 4.39. The van der Waals surface area contributed by atoms with Gasteiger partial charge in [-0.05, 0) is 31.5 Å². The Balaban J connectivity index is 2.42. The summed E-state index contributed by atoms with van der Waals surface area (Å²) in [5.41, 5.74) is 11.1. The molecule has 0 aliphatic heterocycles. The van der Waals surface area contributed by atoms with Crippen molar-refractivity contribution in [2.45, 2.75) is 20.4 Å². The number of nitrogens with zero attached hydrogens (tertiary/aromatic N) is 2. The Bertz CT molecular complexity index is 546. The molecule has 0 saturated heterocycles. The van der Waals surface area contributed by atoms with Crippen molar-refractivity contribution >= 4 is 5.69 Å². The van der Waals surface area contributed by atoms with Crippen molar-refractivity contribution in [3.8, 4) is 11.1 Å². The van der Waals surface area contributed by atoms with Crippen molar-refractivity contribution in [1.29, 1.82) is 0 Å². The van der Waals surface area contributed by atoms with E-state index in [2.05, 4.69) is 18.1 Å². The molecule has 0 amide bonds. The van der Waals surface area contributed by atoms with E-state index in [0.29, 0.717) is 6.61 Å². The van der Waals surface area contributed by atoms with Crippen molar-refractivity contribution in [2.75, 3.05) is 19.5 Å². The zero-order chi connectivity index (χ0) is 13.1. The lowest BCUT2D eigenvalue weighted by Gasteiger charge is -2.05. The number of benzene rings is 1. The van der Waals surface area contributed by atoms with Gasteiger partial charge in [0.15, 0.2) is 0 Å². The number of hydrogen-bond acceptors (Lipinski definition) is 3. The molecule has 0 aliphatic rings. The van der Waals surface area contributed by atoms with Crippen LogP contribution in [0, 0.1) is 13.8 Å². The van der Waals surface area contributed by atoms with E-state index in [1.807, 2.05) is 29.8 Å². The molecule has 4 heteroatoms. The molecule has 0 saturated carbocycles. The van der Waals surface area contributed by atoms with Crippen LogP contribution in [0.4, 0.5) is 5.69 Å². The number of anilines is 1. The van der Waals surface area contributed by atoms with Gasteiger partial charge in [-0.25, -0.2) is 0 Å². The zero-order valence-corrected chi connectivity index (χ0v) is 11.1. The maximum Gasteiger partial charge on any atom is 0.0674 e. The van der Waals surface area contributed by atoms with E-state index in [1.165, 1.54) is 5.56 Å². The third-order valence-corrected chi connectivity index (χ3v) is 3.06. The molecule has 0 unspecified atom stereocenters. The number of ether oxygens (including phenoxy) is 1. The lowest BCUT2D eigenvalue weighted by Crippen LogP contribution is -2.07. The van der Waals surface area contributed by atoms with E-state index in [1.54, 1.807) is 7.11 Å². The van der Waals surface area contributed by atoms with Crippen LogP contribution < -0.4 is 5.73 Å². The molecule has 1 aromatic carbocycles. The molecule has 2 aromatic rings. The van der Waals surface area contributed by atoms with Crippen LogP contribution in [0.1, 0.15) is 11.4 Å². The van der Waals surface area contributed by atoms with E-state index in [-0.39, 0.29) is 0 Å². The van der Waals surface area contributed by atoms with Crippen molar-refractivity contribution in [3.05, 3.63) is 35.7 Å². The van der Waals surface area contributed by atoms with Crippen LogP contribution >= 0.6 is 0 Å². The van der Waals surface area contributed by atoms with Crippen molar-refractivity contribution in [1.82, 2.24) is 9.78 Å². The minimum Gasteiger partial charge on any atom is -0.399 e. The van der Waals surface area contributed by atoms with Crippen LogP contribution in [0.15, 0.2) is 24.3 Å². The van der Waals surface area contributed by atoms with Gasteiger partial charge in [0.05, 0.1) is 18.8 Å². The highest BCUT2D eigenvalue weighted by Gasteiger charge is 2.13. The maximum atomic E-state index is 5.84. The molecule has 4 nitrogen and oxygen atoms in total. The van der Waals surface area contributed by atoms with Crippen LogP contribution in [-0.4, -0.2) is 23.5 Å². The standard InChI is InChI=1S/C14H19N3O/c1-10-14(12-5-4-6-13(15)9-12)11(2)17(16-10)7-8-18-3/h4-6,9H,7-8,15H2,1-3H3. The molecule has 2 N–H and O–H groups in total. The molecular weight excluding hydrogens is 226 g/mol. The first-order valence-corrected chi connectivity index (χ1v) is 6.02. The minimum absolute atomic E-state index is 0.665. The van der Waals surface area contributed by atoms with Gasteiger partial charge in [-0.1, -0.05) is 12.1 Å². The fourth-order valence-corrected chi connectivity index (χ4v) is 2.20. The quantitative estimate of drug-likeness (QED) is 0.841. The Morgan fingerprint density at radius 2 is 2.11 bits per heavy atom. The minimum atomic E-state index is 0.665. The van der Waals surface area contributed by atoms with Gasteiger partial charge >= 0.3 is 0 Å².